The van der Waals surface area contributed by atoms with Gasteiger partial charge in [0.15, 0.2) is 13.4 Å². The molecular weight excluding hydrogens is 454 g/mol. The minimum absolute atomic E-state index is 0.0299. The average Bonchev–Trinajstić information content (AvgIpc) is 2.78. The summed E-state index contributed by atoms with van der Waals surface area (Å²) in [4.78, 5) is 26.4. The normalized spacial score (nSPS) is 45.1. The average molecular weight is 495 g/mol. The van der Waals surface area contributed by atoms with Crippen molar-refractivity contribution in [2.24, 2.45) is 45.8 Å². The van der Waals surface area contributed by atoms with Crippen molar-refractivity contribution in [3.05, 3.63) is 0 Å². The first-order valence-corrected chi connectivity index (χ1v) is 13.9. The number of carbonyl (C=O) groups excluding carboxylic acids is 2. The number of hydrogen-bond donors (Lipinski definition) is 0. The summed E-state index contributed by atoms with van der Waals surface area (Å²) < 4.78 is 44.3. The number of rotatable bonds is 9. The monoisotopic (exact) mass is 494 g/mol. The molecule has 0 amide bonds. The molecule has 0 aromatic carbocycles. The van der Waals surface area contributed by atoms with Crippen molar-refractivity contribution < 1.29 is 32.6 Å². The Bertz CT molecular complexity index is 820. The second kappa shape index (κ2) is 8.39. The van der Waals surface area contributed by atoms with Crippen LogP contribution in [0.15, 0.2) is 0 Å². The molecule has 196 valence electrons. The predicted octanol–water partition coefficient (Wildman–Crippen LogP) is 5.90. The molecule has 8 aliphatic rings. The van der Waals surface area contributed by atoms with E-state index in [2.05, 4.69) is 0 Å². The summed E-state index contributed by atoms with van der Waals surface area (Å²) in [5.74, 6) is -0.772. The van der Waals surface area contributed by atoms with Gasteiger partial charge in [0.25, 0.3) is 5.92 Å². The molecule has 8 fully saturated rings. The summed E-state index contributed by atoms with van der Waals surface area (Å²) in [6.45, 7) is 1.14. The van der Waals surface area contributed by atoms with Gasteiger partial charge in [0.1, 0.15) is 0 Å². The van der Waals surface area contributed by atoms with Crippen molar-refractivity contribution in [2.45, 2.75) is 96.3 Å². The molecule has 35 heavy (non-hydrogen) atoms. The highest BCUT2D eigenvalue weighted by atomic mass is 19.3. The molecule has 2 atom stereocenters. The predicted molar refractivity (Wildman–Crippen MR) is 123 cm³/mol. The van der Waals surface area contributed by atoms with Crippen molar-refractivity contribution in [3.63, 3.8) is 0 Å². The lowest BCUT2D eigenvalue weighted by Gasteiger charge is -2.59. The van der Waals surface area contributed by atoms with Gasteiger partial charge in [-0.05, 0) is 112 Å². The van der Waals surface area contributed by atoms with E-state index in [9.17, 15) is 18.4 Å². The Hall–Kier alpha value is -1.24. The molecular formula is C28H40F2O5. The maximum atomic E-state index is 13.7. The minimum atomic E-state index is -3.01. The van der Waals surface area contributed by atoms with Crippen molar-refractivity contribution in [2.75, 3.05) is 20.0 Å². The molecule has 0 aliphatic heterocycles. The highest BCUT2D eigenvalue weighted by Crippen LogP contribution is 2.66. The summed E-state index contributed by atoms with van der Waals surface area (Å²) in [5.41, 5.74) is -1.26. The molecule has 0 radical (unpaired) electrons. The molecule has 0 aromatic heterocycles. The smallest absolute Gasteiger partial charge is 0.314 e. The fraction of sp³-hybridized carbons (Fsp3) is 0.929. The van der Waals surface area contributed by atoms with E-state index < -0.39 is 29.3 Å². The Morgan fingerprint density at radius 1 is 0.771 bits per heavy atom. The Kier molecular flexibility index (Phi) is 5.78. The first-order valence-electron chi connectivity index (χ1n) is 13.9. The van der Waals surface area contributed by atoms with Gasteiger partial charge < -0.3 is 14.2 Å². The zero-order valence-electron chi connectivity index (χ0n) is 21.0. The van der Waals surface area contributed by atoms with Gasteiger partial charge in [-0.3, -0.25) is 9.59 Å². The molecule has 0 heterocycles. The highest BCUT2D eigenvalue weighted by Gasteiger charge is 2.64. The number of alkyl halides is 2. The quantitative estimate of drug-likeness (QED) is 0.227. The van der Waals surface area contributed by atoms with Gasteiger partial charge in [0.2, 0.25) is 0 Å². The third kappa shape index (κ3) is 4.31. The topological polar surface area (TPSA) is 61.8 Å². The minimum Gasteiger partial charge on any atom is -0.459 e. The molecule has 8 bridgehead atoms. The van der Waals surface area contributed by atoms with Gasteiger partial charge in [-0.1, -0.05) is 6.92 Å². The van der Waals surface area contributed by atoms with Crippen molar-refractivity contribution >= 4 is 11.9 Å². The van der Waals surface area contributed by atoms with E-state index >= 15 is 0 Å². The maximum Gasteiger partial charge on any atom is 0.314 e. The van der Waals surface area contributed by atoms with Crippen LogP contribution in [0, 0.1) is 45.8 Å². The Morgan fingerprint density at radius 3 is 1.77 bits per heavy atom. The summed E-state index contributed by atoms with van der Waals surface area (Å²) in [5, 5.41) is 0. The molecule has 8 aliphatic carbocycles. The summed E-state index contributed by atoms with van der Waals surface area (Å²) in [7, 11) is 0. The van der Waals surface area contributed by atoms with Crippen LogP contribution in [-0.2, 0) is 23.8 Å². The molecule has 0 N–H and O–H groups in total. The van der Waals surface area contributed by atoms with E-state index in [4.69, 9.17) is 14.2 Å². The number of esters is 2. The molecule has 5 nitrogen and oxygen atoms in total. The van der Waals surface area contributed by atoms with E-state index in [1.165, 1.54) is 45.4 Å². The highest BCUT2D eigenvalue weighted by molar-refractivity contribution is 5.83. The molecule has 2 unspecified atom stereocenters. The number of hydrogen-bond acceptors (Lipinski definition) is 5. The Labute approximate surface area is 207 Å². The zero-order chi connectivity index (χ0) is 24.5. The summed E-state index contributed by atoms with van der Waals surface area (Å²) >= 11 is 0. The van der Waals surface area contributed by atoms with Crippen LogP contribution in [0.4, 0.5) is 8.78 Å². The van der Waals surface area contributed by atoms with Gasteiger partial charge in [-0.25, -0.2) is 8.78 Å². The van der Waals surface area contributed by atoms with Gasteiger partial charge >= 0.3 is 11.9 Å². The van der Waals surface area contributed by atoms with Crippen molar-refractivity contribution in [3.8, 4) is 0 Å². The summed E-state index contributed by atoms with van der Waals surface area (Å²) in [6, 6.07) is 0. The van der Waals surface area contributed by atoms with Crippen LogP contribution in [0.25, 0.3) is 0 Å². The second-order valence-corrected chi connectivity index (χ2v) is 13.6. The van der Waals surface area contributed by atoms with Crippen LogP contribution in [0.2, 0.25) is 0 Å². The molecule has 8 rings (SSSR count). The molecule has 0 spiro atoms. The lowest BCUT2D eigenvalue weighted by molar-refractivity contribution is -0.206. The largest absolute Gasteiger partial charge is 0.459 e. The lowest BCUT2D eigenvalue weighted by Crippen LogP contribution is -2.58. The molecule has 0 saturated heterocycles. The molecule has 7 heteroatoms. The van der Waals surface area contributed by atoms with Crippen LogP contribution >= 0.6 is 0 Å². The fourth-order valence-corrected chi connectivity index (χ4v) is 10.1. The molecule has 0 aromatic rings. The van der Waals surface area contributed by atoms with E-state index in [1.807, 2.05) is 0 Å². The Morgan fingerprint density at radius 2 is 1.26 bits per heavy atom. The maximum absolute atomic E-state index is 13.7. The van der Waals surface area contributed by atoms with Gasteiger partial charge in [-0.15, -0.1) is 0 Å². The van der Waals surface area contributed by atoms with Crippen LogP contribution in [0.1, 0.15) is 90.4 Å². The van der Waals surface area contributed by atoms with Crippen LogP contribution in [0.3, 0.4) is 0 Å². The SMILES string of the molecule is CCC(F)(F)COC(=O)C12CC3CC(CC(C(=O)OCOCC45CC6CC(CC(C6)C4)C5)(C3)C1)C2. The summed E-state index contributed by atoms with van der Waals surface area (Å²) in [6.07, 6.45) is 11.6. The third-order valence-electron chi connectivity index (χ3n) is 10.7. The van der Waals surface area contributed by atoms with E-state index in [1.54, 1.807) is 0 Å². The first kappa shape index (κ1) is 24.1. The lowest BCUT2D eigenvalue weighted by atomic mass is 9.44. The first-order chi connectivity index (χ1) is 16.6. The number of carbonyl (C=O) groups is 2. The van der Waals surface area contributed by atoms with E-state index in [0.717, 1.165) is 37.0 Å². The molecule has 8 saturated carbocycles. The van der Waals surface area contributed by atoms with Gasteiger partial charge in [0, 0.05) is 6.42 Å². The Balaban J connectivity index is 1.06. The van der Waals surface area contributed by atoms with Gasteiger partial charge in [-0.2, -0.15) is 0 Å². The number of halogens is 2. The van der Waals surface area contributed by atoms with Gasteiger partial charge in [0.05, 0.1) is 17.4 Å². The zero-order valence-corrected chi connectivity index (χ0v) is 21.0. The number of ether oxygens (including phenoxy) is 3. The standard InChI is InChI=1S/C28H40F2O5/c1-2-28(29,30)16-34-23(31)26-10-21-6-22(11-26)13-27(12-21,14-26)24(32)35-17-33-15-25-7-18-3-19(8-25)5-20(4-18)9-25/h18-22H,2-17H2,1H3. The van der Waals surface area contributed by atoms with Crippen LogP contribution in [-0.4, -0.2) is 37.9 Å². The van der Waals surface area contributed by atoms with E-state index in [0.29, 0.717) is 25.9 Å². The van der Waals surface area contributed by atoms with Crippen LogP contribution < -0.4 is 0 Å². The van der Waals surface area contributed by atoms with Crippen LogP contribution in [0.5, 0.6) is 0 Å². The second-order valence-electron chi connectivity index (χ2n) is 13.6. The van der Waals surface area contributed by atoms with E-state index in [-0.39, 0.29) is 36.4 Å². The third-order valence-corrected chi connectivity index (χ3v) is 10.7. The fourth-order valence-electron chi connectivity index (χ4n) is 10.1. The van der Waals surface area contributed by atoms with Crippen molar-refractivity contribution in [1.29, 1.82) is 0 Å². The van der Waals surface area contributed by atoms with Crippen molar-refractivity contribution in [1.82, 2.24) is 0 Å².